The summed E-state index contributed by atoms with van der Waals surface area (Å²) in [6.07, 6.45) is 0. The van der Waals surface area contributed by atoms with Crippen molar-refractivity contribution in [2.75, 3.05) is 0 Å². The highest BCUT2D eigenvalue weighted by Gasteiger charge is 2.12. The number of benzene rings is 2. The monoisotopic (exact) mass is 268 g/mol. The summed E-state index contributed by atoms with van der Waals surface area (Å²) in [5.41, 5.74) is 0. The molecule has 0 atom stereocenters. The van der Waals surface area contributed by atoms with Gasteiger partial charge in [-0.25, -0.2) is 0 Å². The van der Waals surface area contributed by atoms with Crippen molar-refractivity contribution in [2.24, 2.45) is 0 Å². The molecule has 18 heavy (non-hydrogen) atoms. The molecule has 0 nitrogen and oxygen atoms in total. The fraction of sp³-hybridized carbons (Fsp3) is 0.125. The quantitative estimate of drug-likeness (QED) is 0.373. The van der Waals surface area contributed by atoms with Crippen LogP contribution in [0.1, 0.15) is 9.75 Å². The maximum atomic E-state index is 2.33. The molecule has 0 fully saturated rings. The van der Waals surface area contributed by atoms with E-state index in [-0.39, 0.29) is 0 Å². The fourth-order valence-corrected chi connectivity index (χ4v) is 4.93. The summed E-state index contributed by atoms with van der Waals surface area (Å²) in [7, 11) is 0. The van der Waals surface area contributed by atoms with Crippen LogP contribution in [-0.4, -0.2) is 0 Å². The van der Waals surface area contributed by atoms with E-state index in [1.54, 1.807) is 0 Å². The molecule has 0 aliphatic heterocycles. The summed E-state index contributed by atoms with van der Waals surface area (Å²) in [6, 6.07) is 13.4. The zero-order valence-corrected chi connectivity index (χ0v) is 11.9. The summed E-state index contributed by atoms with van der Waals surface area (Å²) in [5.74, 6) is 0. The molecule has 0 saturated carbocycles. The first-order valence-electron chi connectivity index (χ1n) is 6.05. The SMILES string of the molecule is Cc1cc2c3ccccc3c3cc(C)sc3c2s1. The average molecular weight is 268 g/mol. The van der Waals surface area contributed by atoms with Gasteiger partial charge >= 0.3 is 0 Å². The van der Waals surface area contributed by atoms with Gasteiger partial charge in [0.25, 0.3) is 0 Å². The molecule has 0 unspecified atom stereocenters. The number of aryl methyl sites for hydroxylation is 2. The van der Waals surface area contributed by atoms with Crippen LogP contribution in [0.4, 0.5) is 0 Å². The number of thiophene rings is 2. The second-order valence-corrected chi connectivity index (χ2v) is 7.26. The van der Waals surface area contributed by atoms with Gasteiger partial charge in [-0.1, -0.05) is 24.3 Å². The van der Waals surface area contributed by atoms with Crippen molar-refractivity contribution in [3.63, 3.8) is 0 Å². The van der Waals surface area contributed by atoms with E-state index in [9.17, 15) is 0 Å². The van der Waals surface area contributed by atoms with Crippen molar-refractivity contribution < 1.29 is 0 Å². The third-order valence-electron chi connectivity index (χ3n) is 3.42. The van der Waals surface area contributed by atoms with Gasteiger partial charge in [-0.2, -0.15) is 0 Å². The van der Waals surface area contributed by atoms with Crippen LogP contribution in [0.25, 0.3) is 30.9 Å². The highest BCUT2D eigenvalue weighted by atomic mass is 32.1. The molecule has 4 aromatic rings. The van der Waals surface area contributed by atoms with Gasteiger partial charge in [0.2, 0.25) is 0 Å². The zero-order chi connectivity index (χ0) is 12.3. The van der Waals surface area contributed by atoms with Crippen molar-refractivity contribution in [1.29, 1.82) is 0 Å². The zero-order valence-electron chi connectivity index (χ0n) is 10.3. The van der Waals surface area contributed by atoms with Crippen LogP contribution in [0, 0.1) is 13.8 Å². The lowest BCUT2D eigenvalue weighted by atomic mass is 10.0. The Bertz CT molecular complexity index is 819. The minimum Gasteiger partial charge on any atom is -0.139 e. The summed E-state index contributed by atoms with van der Waals surface area (Å²) in [6.45, 7) is 4.40. The summed E-state index contributed by atoms with van der Waals surface area (Å²) in [5, 5.41) is 5.62. The first kappa shape index (κ1) is 10.5. The smallest absolute Gasteiger partial charge is 0.0530 e. The molecule has 0 amide bonds. The molecule has 0 saturated heterocycles. The van der Waals surface area contributed by atoms with E-state index in [0.717, 1.165) is 0 Å². The maximum absolute atomic E-state index is 2.33. The first-order chi connectivity index (χ1) is 8.74. The Labute approximate surface area is 113 Å². The minimum absolute atomic E-state index is 1.39. The highest BCUT2D eigenvalue weighted by Crippen LogP contribution is 2.42. The molecular weight excluding hydrogens is 256 g/mol. The Hall–Kier alpha value is -1.38. The van der Waals surface area contributed by atoms with Crippen molar-refractivity contribution in [1.82, 2.24) is 0 Å². The summed E-state index contributed by atoms with van der Waals surface area (Å²) in [4.78, 5) is 2.79. The molecule has 2 heteroatoms. The van der Waals surface area contributed by atoms with Gasteiger partial charge in [0.05, 0.1) is 9.40 Å². The number of hydrogen-bond acceptors (Lipinski definition) is 2. The molecule has 0 N–H and O–H groups in total. The lowest BCUT2D eigenvalue weighted by Crippen LogP contribution is -1.74. The van der Waals surface area contributed by atoms with Gasteiger partial charge in [0.1, 0.15) is 0 Å². The third kappa shape index (κ3) is 1.30. The second kappa shape index (κ2) is 3.56. The predicted octanol–water partition coefficient (Wildman–Crippen LogP) is 5.89. The van der Waals surface area contributed by atoms with Crippen molar-refractivity contribution in [3.8, 4) is 0 Å². The molecule has 2 aromatic heterocycles. The van der Waals surface area contributed by atoms with Crippen molar-refractivity contribution >= 4 is 53.6 Å². The van der Waals surface area contributed by atoms with E-state index in [0.29, 0.717) is 0 Å². The molecule has 2 aromatic carbocycles. The topological polar surface area (TPSA) is 0 Å². The number of fused-ring (bicyclic) bond motifs is 6. The summed E-state index contributed by atoms with van der Waals surface area (Å²) >= 11 is 3.84. The van der Waals surface area contributed by atoms with Gasteiger partial charge < -0.3 is 0 Å². The Balaban J connectivity index is 2.44. The first-order valence-corrected chi connectivity index (χ1v) is 7.68. The van der Waals surface area contributed by atoms with Crippen molar-refractivity contribution in [2.45, 2.75) is 13.8 Å². The molecule has 2 heterocycles. The molecule has 0 aliphatic rings. The highest BCUT2D eigenvalue weighted by molar-refractivity contribution is 7.27. The Kier molecular flexibility index (Phi) is 2.08. The standard InChI is InChI=1S/C16H12S2/c1-9-7-13-11-5-3-4-6-12(11)14-8-10(2)18-16(14)15(13)17-9/h3-8H,1-2H3. The van der Waals surface area contributed by atoms with E-state index in [1.807, 2.05) is 22.7 Å². The van der Waals surface area contributed by atoms with Crippen molar-refractivity contribution in [3.05, 3.63) is 46.2 Å². The molecule has 0 bridgehead atoms. The van der Waals surface area contributed by atoms with Gasteiger partial charge in [-0.15, -0.1) is 22.7 Å². The summed E-state index contributed by atoms with van der Waals surface area (Å²) < 4.78 is 2.92. The largest absolute Gasteiger partial charge is 0.139 e. The Morgan fingerprint density at radius 3 is 1.56 bits per heavy atom. The molecule has 0 spiro atoms. The van der Waals surface area contributed by atoms with Crippen LogP contribution in [0.2, 0.25) is 0 Å². The van der Waals surface area contributed by atoms with E-state index in [1.165, 1.54) is 40.7 Å². The van der Waals surface area contributed by atoms with Gasteiger partial charge in [-0.05, 0) is 36.8 Å². The molecular formula is C16H12S2. The minimum atomic E-state index is 1.39. The predicted molar refractivity (Wildman–Crippen MR) is 84.2 cm³/mol. The van der Waals surface area contributed by atoms with E-state index in [2.05, 4.69) is 50.2 Å². The second-order valence-electron chi connectivity index (χ2n) is 4.75. The van der Waals surface area contributed by atoms with Gasteiger partial charge in [0, 0.05) is 20.5 Å². The van der Waals surface area contributed by atoms with E-state index >= 15 is 0 Å². The normalized spacial score (nSPS) is 11.9. The van der Waals surface area contributed by atoms with Gasteiger partial charge in [0.15, 0.2) is 0 Å². The van der Waals surface area contributed by atoms with Crippen LogP contribution in [0.15, 0.2) is 36.4 Å². The number of hydrogen-bond donors (Lipinski definition) is 0. The fourth-order valence-electron chi connectivity index (χ4n) is 2.72. The van der Waals surface area contributed by atoms with E-state index < -0.39 is 0 Å². The van der Waals surface area contributed by atoms with Crippen LogP contribution in [0.3, 0.4) is 0 Å². The number of rotatable bonds is 0. The molecule has 88 valence electrons. The van der Waals surface area contributed by atoms with Crippen LogP contribution in [-0.2, 0) is 0 Å². The molecule has 4 rings (SSSR count). The third-order valence-corrected chi connectivity index (χ3v) is 5.69. The molecule has 0 radical (unpaired) electrons. The average Bonchev–Trinajstić information content (AvgIpc) is 2.92. The Morgan fingerprint density at radius 1 is 0.667 bits per heavy atom. The van der Waals surface area contributed by atoms with Crippen LogP contribution < -0.4 is 0 Å². The van der Waals surface area contributed by atoms with E-state index in [4.69, 9.17) is 0 Å². The lowest BCUT2D eigenvalue weighted by molar-refractivity contribution is 1.66. The van der Waals surface area contributed by atoms with Crippen LogP contribution >= 0.6 is 22.7 Å². The Morgan fingerprint density at radius 2 is 1.11 bits per heavy atom. The van der Waals surface area contributed by atoms with Crippen LogP contribution in [0.5, 0.6) is 0 Å². The molecule has 0 aliphatic carbocycles. The lowest BCUT2D eigenvalue weighted by Gasteiger charge is -2.02. The van der Waals surface area contributed by atoms with Gasteiger partial charge in [-0.3, -0.25) is 0 Å². The maximum Gasteiger partial charge on any atom is 0.0530 e.